The SMILES string of the molecule is CC(=O)N(C(=O)c1cc(/C(C=N)=C/Nc2c(OC(F)F)c(C(F)(C(F)(F)F)C(F)(F)F)nn2C)ccc1Cl)C1(C#N)CC1. The van der Waals surface area contributed by atoms with E-state index >= 15 is 0 Å². The van der Waals surface area contributed by atoms with Gasteiger partial charge >= 0.3 is 24.6 Å². The summed E-state index contributed by atoms with van der Waals surface area (Å²) in [4.78, 5) is 26.1. The number of amides is 2. The highest BCUT2D eigenvalue weighted by molar-refractivity contribution is 6.34. The molecule has 2 amide bonds. The predicted molar refractivity (Wildman–Crippen MR) is 131 cm³/mol. The first-order chi connectivity index (χ1) is 19.8. The second kappa shape index (κ2) is 11.4. The standard InChI is InChI=1S/C24H18ClF9N6O3/c1-11(41)40(21(10-36)5-6-21)19(42)14-7-12(3-4-15(14)25)13(8-35)9-37-18-16(43-20(26)27)17(38-39(18)2)22(28,23(29,30)31)24(32,33)34/h3-4,7-9,20,35,37H,5-6H2,1-2H3/b13-9+,35-8?. The van der Waals surface area contributed by atoms with Crippen LogP contribution in [0, 0.1) is 16.7 Å². The molecule has 0 saturated heterocycles. The maximum absolute atomic E-state index is 14.7. The number of allylic oxidation sites excluding steroid dienone is 1. The van der Waals surface area contributed by atoms with E-state index in [2.05, 4.69) is 15.2 Å². The molecular formula is C24H18ClF9N6O3. The third kappa shape index (κ3) is 5.98. The Kier molecular flexibility index (Phi) is 8.84. The van der Waals surface area contributed by atoms with Gasteiger partial charge in [-0.3, -0.25) is 14.5 Å². The van der Waals surface area contributed by atoms with Crippen LogP contribution in [0.3, 0.4) is 0 Å². The summed E-state index contributed by atoms with van der Waals surface area (Å²) >= 11 is 6.13. The van der Waals surface area contributed by atoms with Crippen LogP contribution >= 0.6 is 11.6 Å². The molecule has 0 spiro atoms. The molecule has 43 heavy (non-hydrogen) atoms. The number of ether oxygens (including phenoxy) is 1. The van der Waals surface area contributed by atoms with Gasteiger partial charge in [0.15, 0.2) is 17.3 Å². The van der Waals surface area contributed by atoms with Crippen molar-refractivity contribution in [2.24, 2.45) is 7.05 Å². The molecule has 0 atom stereocenters. The second-order valence-corrected chi connectivity index (χ2v) is 9.48. The number of carbonyl (C=O) groups excluding carboxylic acids is 2. The Hall–Kier alpha value is -4.27. The van der Waals surface area contributed by atoms with E-state index in [4.69, 9.17) is 17.0 Å². The van der Waals surface area contributed by atoms with Crippen molar-refractivity contribution < 1.29 is 53.8 Å². The highest BCUT2D eigenvalue weighted by Gasteiger charge is 2.76. The molecule has 1 heterocycles. The highest BCUT2D eigenvalue weighted by Crippen LogP contribution is 2.56. The fraction of sp³-hybridized carbons (Fsp3) is 0.375. The molecule has 0 radical (unpaired) electrons. The number of benzene rings is 1. The maximum atomic E-state index is 14.7. The summed E-state index contributed by atoms with van der Waals surface area (Å²) in [5.74, 6) is -4.76. The number of hydrogen-bond donors (Lipinski definition) is 2. The highest BCUT2D eigenvalue weighted by atomic mass is 35.5. The molecule has 1 fully saturated rings. The van der Waals surface area contributed by atoms with E-state index in [0.717, 1.165) is 25.3 Å². The minimum Gasteiger partial charge on any atom is -0.429 e. The minimum atomic E-state index is -6.70. The second-order valence-electron chi connectivity index (χ2n) is 9.07. The summed E-state index contributed by atoms with van der Waals surface area (Å²) in [7, 11) is 0.702. The molecule has 1 aromatic heterocycles. The van der Waals surface area contributed by atoms with Gasteiger partial charge in [0.25, 0.3) is 5.91 Å². The molecule has 19 heteroatoms. The van der Waals surface area contributed by atoms with Crippen molar-refractivity contribution in [2.75, 3.05) is 5.32 Å². The number of imide groups is 1. The monoisotopic (exact) mass is 644 g/mol. The largest absolute Gasteiger partial charge is 0.437 e. The molecule has 0 bridgehead atoms. The molecule has 0 unspecified atom stereocenters. The Morgan fingerprint density at radius 2 is 1.79 bits per heavy atom. The van der Waals surface area contributed by atoms with Gasteiger partial charge in [-0.2, -0.15) is 45.5 Å². The van der Waals surface area contributed by atoms with E-state index < -0.39 is 59.2 Å². The molecular weight excluding hydrogens is 627 g/mol. The van der Waals surface area contributed by atoms with Crippen LogP contribution in [-0.4, -0.2) is 57.2 Å². The van der Waals surface area contributed by atoms with Crippen molar-refractivity contribution in [2.45, 2.75) is 49.9 Å². The first kappa shape index (κ1) is 33.2. The van der Waals surface area contributed by atoms with Crippen LogP contribution in [0.1, 0.15) is 41.4 Å². The van der Waals surface area contributed by atoms with Crippen LogP contribution in [0.25, 0.3) is 5.57 Å². The number of rotatable bonds is 9. The zero-order valence-corrected chi connectivity index (χ0v) is 22.4. The third-order valence-electron chi connectivity index (χ3n) is 6.25. The van der Waals surface area contributed by atoms with Crippen LogP contribution < -0.4 is 10.1 Å². The minimum absolute atomic E-state index is 0.0512. The fourth-order valence-electron chi connectivity index (χ4n) is 4.00. The number of aryl methyl sites for hydroxylation is 1. The summed E-state index contributed by atoms with van der Waals surface area (Å²) in [5, 5.41) is 21.9. The van der Waals surface area contributed by atoms with E-state index in [1.54, 1.807) is 0 Å². The number of nitrogens with one attached hydrogen (secondary N) is 2. The van der Waals surface area contributed by atoms with Gasteiger partial charge in [0.1, 0.15) is 5.54 Å². The lowest BCUT2D eigenvalue weighted by atomic mass is 9.99. The summed E-state index contributed by atoms with van der Waals surface area (Å²) in [6.45, 7) is -2.97. The van der Waals surface area contributed by atoms with E-state index in [-0.39, 0.29) is 39.2 Å². The van der Waals surface area contributed by atoms with Crippen molar-refractivity contribution in [3.8, 4) is 11.8 Å². The number of hydrogen-bond acceptors (Lipinski definition) is 7. The Morgan fingerprint density at radius 1 is 1.21 bits per heavy atom. The summed E-state index contributed by atoms with van der Waals surface area (Å²) in [6.07, 6.45) is -11.7. The fourth-order valence-corrected chi connectivity index (χ4v) is 4.20. The van der Waals surface area contributed by atoms with Crippen molar-refractivity contribution >= 4 is 41.0 Å². The molecule has 2 N–H and O–H groups in total. The molecule has 232 valence electrons. The van der Waals surface area contributed by atoms with E-state index in [1.165, 1.54) is 6.07 Å². The normalized spacial score (nSPS) is 15.1. The average molecular weight is 645 g/mol. The van der Waals surface area contributed by atoms with Gasteiger partial charge in [-0.15, -0.1) is 0 Å². The van der Waals surface area contributed by atoms with Gasteiger partial charge in [0.05, 0.1) is 16.7 Å². The quantitative estimate of drug-likeness (QED) is 0.251. The van der Waals surface area contributed by atoms with Gasteiger partial charge < -0.3 is 15.5 Å². The number of carbonyl (C=O) groups is 2. The lowest BCUT2D eigenvalue weighted by molar-refractivity contribution is -0.350. The van der Waals surface area contributed by atoms with Gasteiger partial charge in [-0.1, -0.05) is 17.7 Å². The predicted octanol–water partition coefficient (Wildman–Crippen LogP) is 6.11. The van der Waals surface area contributed by atoms with Crippen molar-refractivity contribution in [1.29, 1.82) is 10.7 Å². The van der Waals surface area contributed by atoms with Crippen molar-refractivity contribution in [3.05, 3.63) is 46.2 Å². The first-order valence-corrected chi connectivity index (χ1v) is 12.0. The Bertz CT molecular complexity index is 1510. The molecule has 1 aliphatic rings. The summed E-state index contributed by atoms with van der Waals surface area (Å²) in [6, 6.07) is 5.33. The number of nitriles is 1. The van der Waals surface area contributed by atoms with E-state index in [0.29, 0.717) is 18.2 Å². The van der Waals surface area contributed by atoms with Gasteiger partial charge in [-0.25, -0.2) is 9.07 Å². The number of nitrogens with zero attached hydrogens (tertiary/aromatic N) is 4. The number of anilines is 1. The van der Waals surface area contributed by atoms with Gasteiger partial charge in [0, 0.05) is 32.0 Å². The molecule has 2 aromatic rings. The smallest absolute Gasteiger partial charge is 0.429 e. The van der Waals surface area contributed by atoms with E-state index in [1.807, 2.05) is 6.07 Å². The lowest BCUT2D eigenvalue weighted by Crippen LogP contribution is -2.51. The molecule has 1 saturated carbocycles. The number of alkyl halides is 9. The Labute approximate surface area is 240 Å². The van der Waals surface area contributed by atoms with Crippen LogP contribution in [0.2, 0.25) is 5.02 Å². The molecule has 9 nitrogen and oxygen atoms in total. The van der Waals surface area contributed by atoms with E-state index in [9.17, 15) is 54.4 Å². The van der Waals surface area contributed by atoms with Crippen LogP contribution in [0.5, 0.6) is 5.75 Å². The number of halogens is 10. The summed E-state index contributed by atoms with van der Waals surface area (Å²) < 4.78 is 125. The van der Waals surface area contributed by atoms with Crippen LogP contribution in [0.15, 0.2) is 24.4 Å². The third-order valence-corrected chi connectivity index (χ3v) is 6.58. The number of aromatic nitrogens is 2. The van der Waals surface area contributed by atoms with Crippen molar-refractivity contribution in [3.63, 3.8) is 0 Å². The van der Waals surface area contributed by atoms with Crippen LogP contribution in [0.4, 0.5) is 45.3 Å². The summed E-state index contributed by atoms with van der Waals surface area (Å²) in [5.41, 5.74) is -10.8. The molecule has 0 aliphatic heterocycles. The molecule has 1 aliphatic carbocycles. The van der Waals surface area contributed by atoms with Crippen LogP contribution in [-0.2, 0) is 17.5 Å². The van der Waals surface area contributed by atoms with Gasteiger partial charge in [0.2, 0.25) is 5.91 Å². The lowest BCUT2D eigenvalue weighted by Gasteiger charge is -2.28. The van der Waals surface area contributed by atoms with Crippen molar-refractivity contribution in [1.82, 2.24) is 14.7 Å². The van der Waals surface area contributed by atoms with Gasteiger partial charge in [-0.05, 0) is 30.5 Å². The maximum Gasteiger partial charge on any atom is 0.437 e. The Morgan fingerprint density at radius 3 is 2.23 bits per heavy atom. The zero-order chi connectivity index (χ0) is 32.7. The average Bonchev–Trinajstić information content (AvgIpc) is 3.61. The first-order valence-electron chi connectivity index (χ1n) is 11.6. The molecule has 1 aromatic carbocycles. The topological polar surface area (TPSA) is 124 Å². The Balaban J connectivity index is 2.11. The molecule has 3 rings (SSSR count). The zero-order valence-electron chi connectivity index (χ0n) is 21.7.